The minimum atomic E-state index is -2.86. The molecule has 0 spiro atoms. The van der Waals surface area contributed by atoms with E-state index in [-0.39, 0.29) is 16.9 Å². The summed E-state index contributed by atoms with van der Waals surface area (Å²) in [6, 6.07) is 3.21. The Labute approximate surface area is 201 Å². The Morgan fingerprint density at radius 2 is 1.71 bits per heavy atom. The zero-order valence-corrected chi connectivity index (χ0v) is 19.9. The van der Waals surface area contributed by atoms with Crippen LogP contribution in [0.4, 0.5) is 0 Å². The summed E-state index contributed by atoms with van der Waals surface area (Å²) in [5.41, 5.74) is -3.50. The van der Waals surface area contributed by atoms with Crippen LogP contribution in [0.5, 0.6) is 5.75 Å². The Morgan fingerprint density at radius 3 is 2.26 bits per heavy atom. The number of carbonyl (C=O) groups is 4. The molecule has 0 radical (unpaired) electrons. The van der Waals surface area contributed by atoms with Crippen LogP contribution in [-0.2, 0) is 23.9 Å². The number of benzene rings is 1. The molecule has 0 aromatic heterocycles. The molecule has 35 heavy (non-hydrogen) atoms. The molecule has 3 aliphatic rings. The molecule has 10 nitrogen and oxygen atoms in total. The van der Waals surface area contributed by atoms with Crippen molar-refractivity contribution >= 4 is 29.1 Å². The number of aliphatic hydroxyl groups is 3. The number of nitrogens with zero attached hydrogens (tertiary/aromatic N) is 1. The molecule has 1 aromatic carbocycles. The number of carbonyl (C=O) groups excluding carboxylic acids is 4. The van der Waals surface area contributed by atoms with Crippen molar-refractivity contribution in [3.05, 3.63) is 46.2 Å². The monoisotopic (exact) mass is 485 g/mol. The second kappa shape index (κ2) is 8.03. The van der Waals surface area contributed by atoms with Crippen LogP contribution in [0, 0.1) is 11.8 Å². The van der Waals surface area contributed by atoms with E-state index in [4.69, 9.17) is 4.74 Å². The van der Waals surface area contributed by atoms with Crippen molar-refractivity contribution in [2.75, 3.05) is 14.1 Å². The van der Waals surface area contributed by atoms with E-state index in [2.05, 4.69) is 0 Å². The Balaban J connectivity index is 2.12. The van der Waals surface area contributed by atoms with Gasteiger partial charge in [-0.25, -0.2) is 0 Å². The van der Waals surface area contributed by atoms with Crippen molar-refractivity contribution in [2.24, 2.45) is 11.8 Å². The molecule has 0 unspecified atom stereocenters. The third kappa shape index (κ3) is 3.16. The molecule has 1 aromatic rings. The minimum absolute atomic E-state index is 0.0190. The van der Waals surface area contributed by atoms with E-state index in [9.17, 15) is 39.6 Å². The summed E-state index contributed by atoms with van der Waals surface area (Å²) in [6.45, 7) is 3.85. The van der Waals surface area contributed by atoms with Crippen molar-refractivity contribution in [3.8, 4) is 5.75 Å². The van der Waals surface area contributed by atoms with Gasteiger partial charge in [-0.1, -0.05) is 19.1 Å². The molecule has 6 atom stereocenters. The molecular weight excluding hydrogens is 458 g/mol. The molecule has 1 saturated carbocycles. The molecule has 4 rings (SSSR count). The summed E-state index contributed by atoms with van der Waals surface area (Å²) in [4.78, 5) is 53.2. The number of ether oxygens (including phenoxy) is 1. The van der Waals surface area contributed by atoms with Crippen LogP contribution in [0.2, 0.25) is 0 Å². The van der Waals surface area contributed by atoms with Crippen molar-refractivity contribution in [1.29, 1.82) is 0 Å². The molecule has 0 aliphatic heterocycles. The first-order valence-corrected chi connectivity index (χ1v) is 11.1. The minimum Gasteiger partial charge on any atom is -0.508 e. The molecule has 0 bridgehead atoms. The van der Waals surface area contributed by atoms with Crippen LogP contribution >= 0.6 is 0 Å². The molecule has 3 aliphatic carbocycles. The Kier molecular flexibility index (Phi) is 5.65. The summed E-state index contributed by atoms with van der Waals surface area (Å²) in [7, 11) is 3.00. The number of hydrogen-bond donors (Lipinski definition) is 4. The molecule has 1 fully saturated rings. The summed E-state index contributed by atoms with van der Waals surface area (Å²) in [6.07, 6.45) is -1.36. The molecule has 186 valence electrons. The first kappa shape index (κ1) is 24.6. The number of esters is 1. The maximum Gasteiger partial charge on any atom is 0.302 e. The van der Waals surface area contributed by atoms with Crippen molar-refractivity contribution in [3.63, 3.8) is 0 Å². The Morgan fingerprint density at radius 1 is 1.09 bits per heavy atom. The highest BCUT2D eigenvalue weighted by atomic mass is 16.5. The fraction of sp³-hybridized carbons (Fsp3) is 0.440. The highest BCUT2D eigenvalue weighted by Crippen LogP contribution is 2.56. The molecule has 0 amide bonds. The van der Waals surface area contributed by atoms with E-state index < -0.39 is 75.9 Å². The van der Waals surface area contributed by atoms with Crippen LogP contribution < -0.4 is 0 Å². The number of aliphatic hydroxyl groups excluding tert-OH is 2. The number of phenolic OH excluding ortho intramolecular Hbond substituents is 1. The average molecular weight is 485 g/mol. The second-order valence-electron chi connectivity index (χ2n) is 9.57. The van der Waals surface area contributed by atoms with Crippen molar-refractivity contribution in [1.82, 2.24) is 4.90 Å². The van der Waals surface area contributed by atoms with Gasteiger partial charge >= 0.3 is 5.97 Å². The number of phenols is 1. The highest BCUT2D eigenvalue weighted by molar-refractivity contribution is 6.25. The van der Waals surface area contributed by atoms with E-state index in [1.807, 2.05) is 0 Å². The van der Waals surface area contributed by atoms with Gasteiger partial charge in [-0.05, 0) is 38.6 Å². The smallest absolute Gasteiger partial charge is 0.302 e. The lowest BCUT2D eigenvalue weighted by molar-refractivity contribution is -0.184. The van der Waals surface area contributed by atoms with Gasteiger partial charge in [0.2, 0.25) is 5.78 Å². The number of rotatable bonds is 3. The summed E-state index contributed by atoms with van der Waals surface area (Å²) < 4.78 is 5.62. The first-order valence-electron chi connectivity index (χ1n) is 11.1. The SMILES string of the molecule is CC(=O)O[C@H]1[C@H]2C(=C(O)c3c(O)cccc3[C@@H]2C)C(=O)[C@]2(O)C(O)=C(C(C)=O)C(=O)[C@@H](N(C)C)[C@H]12. The predicted octanol–water partition coefficient (Wildman–Crippen LogP) is 1.17. The molecule has 10 heteroatoms. The maximum absolute atomic E-state index is 14.0. The second-order valence-corrected chi connectivity index (χ2v) is 9.57. The fourth-order valence-corrected chi connectivity index (χ4v) is 5.98. The van der Waals surface area contributed by atoms with E-state index in [0.717, 1.165) is 13.8 Å². The van der Waals surface area contributed by atoms with Gasteiger partial charge in [0.1, 0.15) is 28.9 Å². The lowest BCUT2D eigenvalue weighted by atomic mass is 9.54. The largest absolute Gasteiger partial charge is 0.508 e. The number of hydrogen-bond acceptors (Lipinski definition) is 10. The van der Waals surface area contributed by atoms with E-state index >= 15 is 0 Å². The number of likely N-dealkylation sites (N-methyl/N-ethyl adjacent to an activating group) is 1. The highest BCUT2D eigenvalue weighted by Gasteiger charge is 2.69. The Hall–Kier alpha value is -3.50. The van der Waals surface area contributed by atoms with Gasteiger partial charge in [-0.2, -0.15) is 0 Å². The topological polar surface area (TPSA) is 162 Å². The van der Waals surface area contributed by atoms with E-state index in [1.165, 1.54) is 25.1 Å². The quantitative estimate of drug-likeness (QED) is 0.361. The predicted molar refractivity (Wildman–Crippen MR) is 121 cm³/mol. The van der Waals surface area contributed by atoms with Gasteiger partial charge in [0.05, 0.1) is 17.5 Å². The fourth-order valence-electron chi connectivity index (χ4n) is 5.98. The molecule has 4 N–H and O–H groups in total. The van der Waals surface area contributed by atoms with Gasteiger partial charge in [-0.15, -0.1) is 0 Å². The van der Waals surface area contributed by atoms with Gasteiger partial charge in [0.25, 0.3) is 0 Å². The lowest BCUT2D eigenvalue weighted by Crippen LogP contribution is -2.70. The molecule has 0 heterocycles. The summed E-state index contributed by atoms with van der Waals surface area (Å²) in [5, 5.41) is 44.5. The zero-order valence-electron chi connectivity index (χ0n) is 19.9. The van der Waals surface area contributed by atoms with Crippen LogP contribution in [0.25, 0.3) is 5.76 Å². The molecular formula is C25H27NO9. The Bertz CT molecular complexity index is 1240. The molecule has 0 saturated heterocycles. The van der Waals surface area contributed by atoms with Crippen LogP contribution in [0.15, 0.2) is 35.1 Å². The standard InChI is InChI=1S/C25H27NO9/c1-9-12-7-6-8-13(29)16(12)20(30)17-14(9)22(35-11(3)28)18-19(26(4)5)21(31)15(10(2)27)23(32)25(18,34)24(17)33/h6-9,14,18-19,22,29-30,32,34H,1-5H3/t9-,14+,18+,19-,22-,25+/m0/s1. The first-order chi connectivity index (χ1) is 16.3. The maximum atomic E-state index is 14.0. The number of ketones is 3. The summed E-state index contributed by atoms with van der Waals surface area (Å²) in [5.74, 6) is -8.80. The van der Waals surface area contributed by atoms with E-state index in [1.54, 1.807) is 19.1 Å². The zero-order chi connectivity index (χ0) is 26.1. The normalized spacial score (nSPS) is 32.3. The van der Waals surface area contributed by atoms with Crippen molar-refractivity contribution < 1.29 is 44.3 Å². The number of aromatic hydroxyl groups is 1. The van der Waals surface area contributed by atoms with Crippen molar-refractivity contribution in [2.45, 2.75) is 44.4 Å². The number of fused-ring (bicyclic) bond motifs is 3. The van der Waals surface area contributed by atoms with Crippen LogP contribution in [-0.4, -0.2) is 80.5 Å². The van der Waals surface area contributed by atoms with Crippen LogP contribution in [0.1, 0.15) is 37.8 Å². The summed E-state index contributed by atoms with van der Waals surface area (Å²) >= 11 is 0. The van der Waals surface area contributed by atoms with E-state index in [0.29, 0.717) is 5.56 Å². The van der Waals surface area contributed by atoms with Gasteiger partial charge < -0.3 is 25.2 Å². The van der Waals surface area contributed by atoms with Gasteiger partial charge in [0.15, 0.2) is 17.2 Å². The third-order valence-electron chi connectivity index (χ3n) is 7.37. The average Bonchev–Trinajstić information content (AvgIpc) is 2.75. The van der Waals surface area contributed by atoms with Gasteiger partial charge in [-0.3, -0.25) is 24.1 Å². The van der Waals surface area contributed by atoms with Gasteiger partial charge in [0, 0.05) is 18.4 Å². The van der Waals surface area contributed by atoms with Crippen LogP contribution in [0.3, 0.4) is 0 Å². The third-order valence-corrected chi connectivity index (χ3v) is 7.37. The lowest BCUT2D eigenvalue weighted by Gasteiger charge is -2.54. The number of Topliss-reactive ketones (excluding diaryl/α,β-unsaturated/α-hetero) is 3.